The molecule has 1 aromatic carbocycles. The summed E-state index contributed by atoms with van der Waals surface area (Å²) in [7, 11) is 2.77. The largest absolute Gasteiger partial charge is 0.492 e. The maximum atomic E-state index is 14.0. The lowest BCUT2D eigenvalue weighted by atomic mass is 9.67. The van der Waals surface area contributed by atoms with E-state index in [4.69, 9.17) is 9.47 Å². The first-order chi connectivity index (χ1) is 9.97. The van der Waals surface area contributed by atoms with Gasteiger partial charge in [0.25, 0.3) is 0 Å². The molecule has 2 rings (SSSR count). The Morgan fingerprint density at radius 3 is 2.24 bits per heavy atom. The van der Waals surface area contributed by atoms with Crippen LogP contribution in [-0.2, 0) is 10.2 Å². The van der Waals surface area contributed by atoms with E-state index in [0.29, 0.717) is 24.0 Å². The van der Waals surface area contributed by atoms with E-state index in [9.17, 15) is 14.3 Å². The quantitative estimate of drug-likeness (QED) is 0.924. The Balaban J connectivity index is 2.73. The van der Waals surface area contributed by atoms with Crippen LogP contribution in [0.25, 0.3) is 0 Å². The van der Waals surface area contributed by atoms with Gasteiger partial charge < -0.3 is 14.6 Å². The van der Waals surface area contributed by atoms with E-state index in [2.05, 4.69) is 0 Å². The van der Waals surface area contributed by atoms with Crippen LogP contribution in [0.3, 0.4) is 0 Å². The van der Waals surface area contributed by atoms with Crippen molar-refractivity contribution in [2.45, 2.75) is 44.4 Å². The number of hydrogen-bond acceptors (Lipinski definition) is 3. The number of aliphatic carboxylic acids is 1. The smallest absolute Gasteiger partial charge is 0.314 e. The van der Waals surface area contributed by atoms with E-state index in [0.717, 1.165) is 19.3 Å². The second-order valence-corrected chi connectivity index (χ2v) is 5.56. The van der Waals surface area contributed by atoms with Crippen molar-refractivity contribution in [3.63, 3.8) is 0 Å². The van der Waals surface area contributed by atoms with Crippen LogP contribution in [0.4, 0.5) is 4.39 Å². The number of carboxylic acids is 1. The summed E-state index contributed by atoms with van der Waals surface area (Å²) >= 11 is 0. The molecule has 116 valence electrons. The van der Waals surface area contributed by atoms with Gasteiger partial charge in [0.05, 0.1) is 19.6 Å². The summed E-state index contributed by atoms with van der Waals surface area (Å²) in [6.07, 6.45) is 3.78. The van der Waals surface area contributed by atoms with Crippen LogP contribution >= 0.6 is 0 Å². The zero-order valence-electron chi connectivity index (χ0n) is 12.7. The molecule has 0 saturated heterocycles. The van der Waals surface area contributed by atoms with Gasteiger partial charge in [-0.15, -0.1) is 0 Å². The summed E-state index contributed by atoms with van der Waals surface area (Å²) in [4.78, 5) is 12.0. The first kappa shape index (κ1) is 15.6. The highest BCUT2D eigenvalue weighted by molar-refractivity contribution is 5.84. The van der Waals surface area contributed by atoms with E-state index in [-0.39, 0.29) is 11.5 Å². The Morgan fingerprint density at radius 2 is 1.76 bits per heavy atom. The zero-order chi connectivity index (χ0) is 15.6. The average Bonchev–Trinajstić information content (AvgIpc) is 2.46. The molecule has 1 fully saturated rings. The van der Waals surface area contributed by atoms with E-state index >= 15 is 0 Å². The molecule has 1 N–H and O–H groups in total. The monoisotopic (exact) mass is 296 g/mol. The van der Waals surface area contributed by atoms with Gasteiger partial charge in [0.2, 0.25) is 0 Å². The third-order valence-corrected chi connectivity index (χ3v) is 4.39. The van der Waals surface area contributed by atoms with Gasteiger partial charge >= 0.3 is 5.97 Å². The molecule has 0 unspecified atom stereocenters. The number of halogens is 1. The van der Waals surface area contributed by atoms with Gasteiger partial charge in [-0.2, -0.15) is 0 Å². The third-order valence-electron chi connectivity index (χ3n) is 4.39. The van der Waals surface area contributed by atoms with Crippen LogP contribution in [0, 0.1) is 12.7 Å². The van der Waals surface area contributed by atoms with Crippen molar-refractivity contribution >= 4 is 5.97 Å². The van der Waals surface area contributed by atoms with Crippen molar-refractivity contribution in [2.24, 2.45) is 0 Å². The number of aryl methyl sites for hydroxylation is 1. The Hall–Kier alpha value is -1.78. The minimum atomic E-state index is -1.02. The normalized spacial score (nSPS) is 17.3. The standard InChI is InChI=1S/C16H21FO4/c1-10-9-11(17)13(20-2)14(21-3)12(10)16(15(18)19)7-5-4-6-8-16/h9H,4-8H2,1-3H3,(H,18,19). The lowest BCUT2D eigenvalue weighted by molar-refractivity contribution is -0.145. The lowest BCUT2D eigenvalue weighted by Gasteiger charge is -2.36. The second-order valence-electron chi connectivity index (χ2n) is 5.56. The van der Waals surface area contributed by atoms with Crippen LogP contribution < -0.4 is 9.47 Å². The maximum absolute atomic E-state index is 14.0. The van der Waals surface area contributed by atoms with Gasteiger partial charge in [-0.3, -0.25) is 4.79 Å². The van der Waals surface area contributed by atoms with Gasteiger partial charge in [0, 0.05) is 5.56 Å². The molecule has 0 heterocycles. The predicted molar refractivity (Wildman–Crippen MR) is 76.6 cm³/mol. The molecule has 0 spiro atoms. The number of methoxy groups -OCH3 is 2. The predicted octanol–water partition coefficient (Wildman–Crippen LogP) is 3.44. The second kappa shape index (κ2) is 5.92. The number of hydrogen-bond donors (Lipinski definition) is 1. The summed E-state index contributed by atoms with van der Waals surface area (Å²) in [6.45, 7) is 1.72. The Labute approximate surface area is 123 Å². The molecular weight excluding hydrogens is 275 g/mol. The molecule has 1 aliphatic carbocycles. The molecule has 0 atom stereocenters. The van der Waals surface area contributed by atoms with Gasteiger partial charge in [-0.05, 0) is 31.4 Å². The molecule has 1 aliphatic rings. The van der Waals surface area contributed by atoms with Crippen molar-refractivity contribution in [3.8, 4) is 11.5 Å². The highest BCUT2D eigenvalue weighted by Crippen LogP contribution is 2.48. The Bertz CT molecular complexity index is 548. The molecule has 0 aliphatic heterocycles. The molecule has 4 nitrogen and oxygen atoms in total. The van der Waals surface area contributed by atoms with Crippen LogP contribution in [-0.4, -0.2) is 25.3 Å². The molecule has 0 aromatic heterocycles. The topological polar surface area (TPSA) is 55.8 Å². The Kier molecular flexibility index (Phi) is 4.40. The molecule has 5 heteroatoms. The van der Waals surface area contributed by atoms with Crippen LogP contribution in [0.2, 0.25) is 0 Å². The fraction of sp³-hybridized carbons (Fsp3) is 0.562. The maximum Gasteiger partial charge on any atom is 0.314 e. The van der Waals surface area contributed by atoms with Gasteiger partial charge in [-0.25, -0.2) is 4.39 Å². The van der Waals surface area contributed by atoms with Crippen molar-refractivity contribution < 1.29 is 23.8 Å². The number of ether oxygens (including phenoxy) is 2. The Morgan fingerprint density at radius 1 is 1.19 bits per heavy atom. The van der Waals surface area contributed by atoms with Crippen molar-refractivity contribution in [1.82, 2.24) is 0 Å². The van der Waals surface area contributed by atoms with Crippen LogP contribution in [0.5, 0.6) is 11.5 Å². The summed E-state index contributed by atoms with van der Waals surface area (Å²) in [6, 6.07) is 1.33. The zero-order valence-corrected chi connectivity index (χ0v) is 12.7. The number of carboxylic acid groups (broad SMARTS) is 1. The van der Waals surface area contributed by atoms with Gasteiger partial charge in [-0.1, -0.05) is 19.3 Å². The van der Waals surface area contributed by atoms with Crippen LogP contribution in [0.1, 0.15) is 43.2 Å². The molecule has 0 bridgehead atoms. The molecule has 21 heavy (non-hydrogen) atoms. The number of carbonyl (C=O) groups is 1. The fourth-order valence-electron chi connectivity index (χ4n) is 3.43. The van der Waals surface area contributed by atoms with E-state index in [1.54, 1.807) is 6.92 Å². The first-order valence-corrected chi connectivity index (χ1v) is 7.13. The van der Waals surface area contributed by atoms with Crippen molar-refractivity contribution in [3.05, 3.63) is 23.0 Å². The van der Waals surface area contributed by atoms with E-state index in [1.807, 2.05) is 0 Å². The molecular formula is C16H21FO4. The minimum Gasteiger partial charge on any atom is -0.492 e. The average molecular weight is 296 g/mol. The first-order valence-electron chi connectivity index (χ1n) is 7.13. The summed E-state index contributed by atoms with van der Waals surface area (Å²) in [5, 5.41) is 9.83. The summed E-state index contributed by atoms with van der Waals surface area (Å²) in [5.41, 5.74) is 0.124. The fourth-order valence-corrected chi connectivity index (χ4v) is 3.43. The van der Waals surface area contributed by atoms with Gasteiger partial charge in [0.1, 0.15) is 0 Å². The van der Waals surface area contributed by atoms with Crippen molar-refractivity contribution in [1.29, 1.82) is 0 Å². The molecule has 0 amide bonds. The SMILES string of the molecule is COc1c(F)cc(C)c(C2(C(=O)O)CCCCC2)c1OC. The van der Waals surface area contributed by atoms with E-state index in [1.165, 1.54) is 20.3 Å². The molecule has 1 saturated carbocycles. The number of benzene rings is 1. The lowest BCUT2D eigenvalue weighted by Crippen LogP contribution is -2.39. The third kappa shape index (κ3) is 2.45. The van der Waals surface area contributed by atoms with Crippen LogP contribution in [0.15, 0.2) is 6.07 Å². The highest BCUT2D eigenvalue weighted by atomic mass is 19.1. The highest BCUT2D eigenvalue weighted by Gasteiger charge is 2.45. The van der Waals surface area contributed by atoms with E-state index < -0.39 is 17.2 Å². The minimum absolute atomic E-state index is 0.0238. The van der Waals surface area contributed by atoms with Gasteiger partial charge in [0.15, 0.2) is 17.3 Å². The molecule has 1 aromatic rings. The summed E-state index contributed by atoms with van der Waals surface area (Å²) in [5.74, 6) is -1.23. The summed E-state index contributed by atoms with van der Waals surface area (Å²) < 4.78 is 24.4. The van der Waals surface area contributed by atoms with Crippen molar-refractivity contribution in [2.75, 3.05) is 14.2 Å². The molecule has 0 radical (unpaired) electrons. The number of rotatable bonds is 4.